The summed E-state index contributed by atoms with van der Waals surface area (Å²) in [5.74, 6) is 1.49. The summed E-state index contributed by atoms with van der Waals surface area (Å²) in [4.78, 5) is 4.26. The lowest BCUT2D eigenvalue weighted by Gasteiger charge is -2.23. The molecule has 1 unspecified atom stereocenters. The number of pyridine rings is 1. The zero-order valence-corrected chi connectivity index (χ0v) is 13.0. The molecule has 1 aromatic heterocycles. The Morgan fingerprint density at radius 3 is 2.57 bits per heavy atom. The molecule has 2 rings (SSSR count). The van der Waals surface area contributed by atoms with E-state index in [-0.39, 0.29) is 6.04 Å². The Bertz CT molecular complexity index is 599. The van der Waals surface area contributed by atoms with Crippen molar-refractivity contribution in [2.24, 2.45) is 0 Å². The van der Waals surface area contributed by atoms with Crippen LogP contribution in [-0.2, 0) is 0 Å². The van der Waals surface area contributed by atoms with Crippen LogP contribution in [0, 0.1) is 6.92 Å². The average Bonchev–Trinajstić information content (AvgIpc) is 2.52. The van der Waals surface area contributed by atoms with Crippen molar-refractivity contribution in [3.8, 4) is 11.5 Å². The minimum Gasteiger partial charge on any atom is -0.493 e. The molecule has 0 aliphatic carbocycles. The van der Waals surface area contributed by atoms with Crippen LogP contribution in [0.25, 0.3) is 0 Å². The first-order valence-electron chi connectivity index (χ1n) is 7.07. The number of rotatable bonds is 6. The van der Waals surface area contributed by atoms with Gasteiger partial charge in [0.05, 0.1) is 20.3 Å². The van der Waals surface area contributed by atoms with Crippen LogP contribution in [0.3, 0.4) is 0 Å². The number of aryl methyl sites for hydroxylation is 1. The van der Waals surface area contributed by atoms with E-state index >= 15 is 0 Å². The number of hydrogen-bond acceptors (Lipinski definition) is 4. The first-order valence-corrected chi connectivity index (χ1v) is 7.07. The smallest absolute Gasteiger partial charge is 0.165 e. The average molecular weight is 286 g/mol. The van der Waals surface area contributed by atoms with Gasteiger partial charge in [0.15, 0.2) is 11.5 Å². The minimum absolute atomic E-state index is 0.0220. The molecule has 0 radical (unpaired) electrons. The van der Waals surface area contributed by atoms with E-state index in [0.29, 0.717) is 0 Å². The van der Waals surface area contributed by atoms with Crippen LogP contribution in [0.15, 0.2) is 36.7 Å². The van der Waals surface area contributed by atoms with Crippen LogP contribution >= 0.6 is 0 Å². The number of hydrogen-bond donors (Lipinski definition) is 1. The number of nitrogens with zero attached hydrogens (tertiary/aromatic N) is 1. The number of nitrogens with one attached hydrogen (secondary N) is 1. The van der Waals surface area contributed by atoms with E-state index in [0.717, 1.165) is 29.2 Å². The zero-order valence-electron chi connectivity index (χ0n) is 13.0. The van der Waals surface area contributed by atoms with Gasteiger partial charge in [-0.1, -0.05) is 19.1 Å². The van der Waals surface area contributed by atoms with Crippen molar-refractivity contribution in [2.45, 2.75) is 19.9 Å². The summed E-state index contributed by atoms with van der Waals surface area (Å²) in [6.07, 6.45) is 3.71. The van der Waals surface area contributed by atoms with Crippen LogP contribution in [-0.4, -0.2) is 25.7 Å². The first-order chi connectivity index (χ1) is 10.2. The van der Waals surface area contributed by atoms with Gasteiger partial charge in [0.1, 0.15) is 0 Å². The highest BCUT2D eigenvalue weighted by Crippen LogP contribution is 2.37. The fourth-order valence-electron chi connectivity index (χ4n) is 2.51. The van der Waals surface area contributed by atoms with Crippen molar-refractivity contribution >= 4 is 0 Å². The SMILES string of the molecule is CCNC(c1cnccc1C)c1cccc(OC)c1OC. The summed E-state index contributed by atoms with van der Waals surface area (Å²) < 4.78 is 11.0. The van der Waals surface area contributed by atoms with Gasteiger partial charge in [0.25, 0.3) is 0 Å². The predicted octanol–water partition coefficient (Wildman–Crippen LogP) is 3.11. The largest absolute Gasteiger partial charge is 0.493 e. The molecule has 4 nitrogen and oxygen atoms in total. The second kappa shape index (κ2) is 7.09. The van der Waals surface area contributed by atoms with E-state index in [1.54, 1.807) is 14.2 Å². The van der Waals surface area contributed by atoms with E-state index in [1.165, 1.54) is 5.56 Å². The molecule has 1 atom stereocenters. The van der Waals surface area contributed by atoms with Gasteiger partial charge in [0.2, 0.25) is 0 Å². The van der Waals surface area contributed by atoms with E-state index in [2.05, 4.69) is 30.2 Å². The third kappa shape index (κ3) is 3.16. The highest BCUT2D eigenvalue weighted by Gasteiger charge is 2.21. The van der Waals surface area contributed by atoms with Crippen LogP contribution in [0.5, 0.6) is 11.5 Å². The molecule has 1 N–H and O–H groups in total. The van der Waals surface area contributed by atoms with E-state index in [4.69, 9.17) is 9.47 Å². The lowest BCUT2D eigenvalue weighted by molar-refractivity contribution is 0.349. The fraction of sp³-hybridized carbons (Fsp3) is 0.353. The van der Waals surface area contributed by atoms with E-state index in [9.17, 15) is 0 Å². The zero-order chi connectivity index (χ0) is 15.2. The maximum Gasteiger partial charge on any atom is 0.165 e. The monoisotopic (exact) mass is 286 g/mol. The Kier molecular flexibility index (Phi) is 5.17. The highest BCUT2D eigenvalue weighted by molar-refractivity contribution is 5.51. The predicted molar refractivity (Wildman–Crippen MR) is 84.0 cm³/mol. The number of benzene rings is 1. The Morgan fingerprint density at radius 1 is 1.14 bits per heavy atom. The molecule has 1 aromatic carbocycles. The maximum atomic E-state index is 5.57. The quantitative estimate of drug-likeness (QED) is 0.886. The molecule has 0 saturated carbocycles. The van der Waals surface area contributed by atoms with Gasteiger partial charge in [-0.25, -0.2) is 0 Å². The van der Waals surface area contributed by atoms with Crippen molar-refractivity contribution in [1.29, 1.82) is 0 Å². The number of aromatic nitrogens is 1. The summed E-state index contributed by atoms with van der Waals surface area (Å²) in [5.41, 5.74) is 3.39. The second-order valence-corrected chi connectivity index (χ2v) is 4.81. The molecule has 21 heavy (non-hydrogen) atoms. The summed E-state index contributed by atoms with van der Waals surface area (Å²) in [6.45, 7) is 5.03. The van der Waals surface area contributed by atoms with Crippen LogP contribution < -0.4 is 14.8 Å². The van der Waals surface area contributed by atoms with Crippen molar-refractivity contribution in [1.82, 2.24) is 10.3 Å². The van der Waals surface area contributed by atoms with Crippen molar-refractivity contribution in [3.63, 3.8) is 0 Å². The molecule has 0 fully saturated rings. The molecule has 1 heterocycles. The third-order valence-corrected chi connectivity index (χ3v) is 3.54. The molecule has 0 amide bonds. The van der Waals surface area contributed by atoms with Gasteiger partial charge in [-0.15, -0.1) is 0 Å². The molecule has 0 aliphatic heterocycles. The van der Waals surface area contributed by atoms with Gasteiger partial charge < -0.3 is 14.8 Å². The van der Waals surface area contributed by atoms with Crippen LogP contribution in [0.2, 0.25) is 0 Å². The third-order valence-electron chi connectivity index (χ3n) is 3.54. The van der Waals surface area contributed by atoms with Crippen LogP contribution in [0.4, 0.5) is 0 Å². The minimum atomic E-state index is 0.0220. The summed E-state index contributed by atoms with van der Waals surface area (Å²) in [6, 6.07) is 7.98. The molecule has 0 aliphatic rings. The van der Waals surface area contributed by atoms with Crippen molar-refractivity contribution in [3.05, 3.63) is 53.3 Å². The van der Waals surface area contributed by atoms with Crippen molar-refractivity contribution < 1.29 is 9.47 Å². The molecule has 4 heteroatoms. The molecule has 0 spiro atoms. The van der Waals surface area contributed by atoms with Gasteiger partial charge in [-0.3, -0.25) is 4.98 Å². The van der Waals surface area contributed by atoms with E-state index < -0.39 is 0 Å². The number of methoxy groups -OCH3 is 2. The van der Waals surface area contributed by atoms with Gasteiger partial charge in [-0.05, 0) is 36.7 Å². The maximum absolute atomic E-state index is 5.57. The summed E-state index contributed by atoms with van der Waals surface area (Å²) in [7, 11) is 3.32. The standard InChI is InChI=1S/C17H22N2O2/c1-5-19-16(14-11-18-10-9-12(14)2)13-7-6-8-15(20-3)17(13)21-4/h6-11,16,19H,5H2,1-4H3. The van der Waals surface area contributed by atoms with Crippen LogP contribution in [0.1, 0.15) is 29.7 Å². The Morgan fingerprint density at radius 2 is 1.95 bits per heavy atom. The first kappa shape index (κ1) is 15.3. The molecule has 0 bridgehead atoms. The summed E-state index contributed by atoms with van der Waals surface area (Å²) >= 11 is 0. The Labute approximate surface area is 126 Å². The normalized spacial score (nSPS) is 12.0. The topological polar surface area (TPSA) is 43.4 Å². The van der Waals surface area contributed by atoms with E-state index in [1.807, 2.05) is 30.6 Å². The molecule has 0 saturated heterocycles. The lowest BCUT2D eigenvalue weighted by Crippen LogP contribution is -2.23. The summed E-state index contributed by atoms with van der Waals surface area (Å²) in [5, 5.41) is 3.51. The Balaban J connectivity index is 2.56. The highest BCUT2D eigenvalue weighted by atomic mass is 16.5. The fourth-order valence-corrected chi connectivity index (χ4v) is 2.51. The molecule has 2 aromatic rings. The number of para-hydroxylation sites is 1. The second-order valence-electron chi connectivity index (χ2n) is 4.81. The van der Waals surface area contributed by atoms with Crippen molar-refractivity contribution in [2.75, 3.05) is 20.8 Å². The molecular weight excluding hydrogens is 264 g/mol. The van der Waals surface area contributed by atoms with Gasteiger partial charge in [-0.2, -0.15) is 0 Å². The van der Waals surface area contributed by atoms with Gasteiger partial charge >= 0.3 is 0 Å². The van der Waals surface area contributed by atoms with Gasteiger partial charge in [0, 0.05) is 18.0 Å². The molecule has 112 valence electrons. The lowest BCUT2D eigenvalue weighted by atomic mass is 9.95. The number of ether oxygens (including phenoxy) is 2. The molecular formula is C17H22N2O2. The Hall–Kier alpha value is -2.07.